The number of ether oxygens (including phenoxy) is 1. The van der Waals surface area contributed by atoms with Crippen LogP contribution in [0, 0.1) is 0 Å². The second-order valence-electron chi connectivity index (χ2n) is 1.85. The topological polar surface area (TPSA) is 91.2 Å². The van der Waals surface area contributed by atoms with Crippen molar-refractivity contribution in [1.29, 1.82) is 0 Å². The fourth-order valence-corrected chi connectivity index (χ4v) is 0.584. The number of aromatic nitrogens is 1. The molecule has 0 aliphatic carbocycles. The Labute approximate surface area is 63.0 Å². The lowest BCUT2D eigenvalue weighted by Gasteiger charge is -1.98. The van der Waals surface area contributed by atoms with Crippen LogP contribution in [-0.4, -0.2) is 11.1 Å². The average Bonchev–Trinajstić information content (AvgIpc) is 1.85. The predicted octanol–water partition coefficient (Wildman–Crippen LogP) is 0.121. The molecule has 0 bridgehead atoms. The van der Waals surface area contributed by atoms with Gasteiger partial charge in [0.15, 0.2) is 0 Å². The fraction of sp³-hybridized carbons (Fsp3) is 0. The molecule has 11 heavy (non-hydrogen) atoms. The fourth-order valence-electron chi connectivity index (χ4n) is 0.584. The first-order chi connectivity index (χ1) is 5.18. The molecule has 5 heteroatoms. The Bertz CT molecular complexity index is 274. The van der Waals surface area contributed by atoms with Gasteiger partial charge in [0.1, 0.15) is 0 Å². The van der Waals surface area contributed by atoms with E-state index >= 15 is 0 Å². The number of hydrogen-bond donors (Lipinski definition) is 2. The third-order valence-corrected chi connectivity index (χ3v) is 0.964. The minimum absolute atomic E-state index is 0.109. The van der Waals surface area contributed by atoms with Crippen LogP contribution in [0.5, 0.6) is 5.88 Å². The summed E-state index contributed by atoms with van der Waals surface area (Å²) in [6.07, 6.45) is 0.524. The summed E-state index contributed by atoms with van der Waals surface area (Å²) in [7, 11) is 0. The van der Waals surface area contributed by atoms with Crippen LogP contribution in [0.4, 0.5) is 10.5 Å². The van der Waals surface area contributed by atoms with Gasteiger partial charge in [-0.1, -0.05) is 0 Å². The van der Waals surface area contributed by atoms with Crippen LogP contribution in [-0.2, 0) is 0 Å². The van der Waals surface area contributed by atoms with Gasteiger partial charge in [0.05, 0.1) is 0 Å². The number of rotatable bonds is 1. The molecule has 0 aliphatic heterocycles. The highest BCUT2D eigenvalue weighted by Gasteiger charge is 1.98. The number of pyridine rings is 1. The number of nitrogens with two attached hydrogens (primary N) is 2. The van der Waals surface area contributed by atoms with E-state index in [0.29, 0.717) is 5.69 Å². The molecule has 58 valence electrons. The zero-order valence-electron chi connectivity index (χ0n) is 5.65. The van der Waals surface area contributed by atoms with Crippen LogP contribution in [0.3, 0.4) is 0 Å². The summed E-state index contributed by atoms with van der Waals surface area (Å²) in [5.74, 6) is 0.109. The van der Waals surface area contributed by atoms with Crippen molar-refractivity contribution in [2.24, 2.45) is 5.73 Å². The predicted molar refractivity (Wildman–Crippen MR) is 38.9 cm³/mol. The molecule has 0 aliphatic rings. The molecule has 1 aromatic rings. The van der Waals surface area contributed by atoms with Gasteiger partial charge in [-0.25, -0.2) is 9.78 Å². The molecule has 0 radical (unpaired) electrons. The summed E-state index contributed by atoms with van der Waals surface area (Å²) >= 11 is 0. The standard InChI is InChI=1S/C6H7N3O2/c7-4-1-2-9-5(3-4)11-6(8)10/h1-3H,(H2,7,9)(H2,8,10). The number of nitrogen functional groups attached to an aromatic ring is 1. The Balaban J connectivity index is 2.79. The molecule has 5 nitrogen and oxygen atoms in total. The van der Waals surface area contributed by atoms with Crippen molar-refractivity contribution in [2.45, 2.75) is 0 Å². The quantitative estimate of drug-likeness (QED) is 0.599. The van der Waals surface area contributed by atoms with E-state index in [-0.39, 0.29) is 5.88 Å². The maximum Gasteiger partial charge on any atom is 0.411 e. The normalized spacial score (nSPS) is 9.09. The van der Waals surface area contributed by atoms with Crippen LogP contribution in [0.2, 0.25) is 0 Å². The van der Waals surface area contributed by atoms with Crippen molar-refractivity contribution < 1.29 is 9.53 Å². The van der Waals surface area contributed by atoms with Gasteiger partial charge in [-0.15, -0.1) is 0 Å². The van der Waals surface area contributed by atoms with E-state index in [9.17, 15) is 4.79 Å². The first kappa shape index (κ1) is 7.33. The third-order valence-electron chi connectivity index (χ3n) is 0.964. The van der Waals surface area contributed by atoms with Gasteiger partial charge in [-0.2, -0.15) is 0 Å². The van der Waals surface area contributed by atoms with Gasteiger partial charge >= 0.3 is 6.09 Å². The van der Waals surface area contributed by atoms with E-state index < -0.39 is 6.09 Å². The lowest BCUT2D eigenvalue weighted by Crippen LogP contribution is -2.16. The van der Waals surface area contributed by atoms with Crippen molar-refractivity contribution in [3.05, 3.63) is 18.3 Å². The lowest BCUT2D eigenvalue weighted by atomic mass is 10.4. The number of hydrogen-bond acceptors (Lipinski definition) is 4. The number of amides is 1. The maximum absolute atomic E-state index is 10.2. The smallest absolute Gasteiger partial charge is 0.399 e. The number of carbonyl (C=O) groups excluding carboxylic acids is 1. The van der Waals surface area contributed by atoms with Crippen LogP contribution in [0.1, 0.15) is 0 Å². The molecule has 0 atom stereocenters. The van der Waals surface area contributed by atoms with E-state index in [0.717, 1.165) is 0 Å². The van der Waals surface area contributed by atoms with Gasteiger partial charge < -0.3 is 16.2 Å². The zero-order chi connectivity index (χ0) is 8.27. The monoisotopic (exact) mass is 153 g/mol. The molecular weight excluding hydrogens is 146 g/mol. The largest absolute Gasteiger partial charge is 0.411 e. The molecule has 1 aromatic heterocycles. The van der Waals surface area contributed by atoms with Crippen LogP contribution >= 0.6 is 0 Å². The number of primary amides is 1. The van der Waals surface area contributed by atoms with E-state index in [2.05, 4.69) is 9.72 Å². The van der Waals surface area contributed by atoms with E-state index in [1.807, 2.05) is 0 Å². The summed E-state index contributed by atoms with van der Waals surface area (Å²) in [6, 6.07) is 2.98. The molecule has 1 amide bonds. The zero-order valence-corrected chi connectivity index (χ0v) is 5.65. The van der Waals surface area contributed by atoms with E-state index in [1.165, 1.54) is 12.3 Å². The molecule has 0 saturated carbocycles. The van der Waals surface area contributed by atoms with Crippen LogP contribution < -0.4 is 16.2 Å². The van der Waals surface area contributed by atoms with Crippen molar-refractivity contribution in [2.75, 3.05) is 5.73 Å². The molecule has 0 aromatic carbocycles. The second-order valence-corrected chi connectivity index (χ2v) is 1.85. The molecule has 4 N–H and O–H groups in total. The second kappa shape index (κ2) is 2.87. The summed E-state index contributed by atoms with van der Waals surface area (Å²) < 4.78 is 4.44. The van der Waals surface area contributed by atoms with Crippen LogP contribution in [0.15, 0.2) is 18.3 Å². The molecular formula is C6H7N3O2. The molecule has 1 heterocycles. The number of anilines is 1. The number of nitrogens with zero attached hydrogens (tertiary/aromatic N) is 1. The van der Waals surface area contributed by atoms with Gasteiger partial charge in [0, 0.05) is 18.0 Å². The Kier molecular flexibility index (Phi) is 1.91. The van der Waals surface area contributed by atoms with E-state index in [4.69, 9.17) is 11.5 Å². The SMILES string of the molecule is NC(=O)Oc1cc(N)ccn1. The molecule has 0 fully saturated rings. The molecule has 1 rings (SSSR count). The Morgan fingerprint density at radius 1 is 1.64 bits per heavy atom. The molecule has 0 unspecified atom stereocenters. The van der Waals surface area contributed by atoms with Crippen molar-refractivity contribution in [3.8, 4) is 5.88 Å². The molecule has 0 saturated heterocycles. The Morgan fingerprint density at radius 2 is 2.36 bits per heavy atom. The first-order valence-corrected chi connectivity index (χ1v) is 2.87. The highest BCUT2D eigenvalue weighted by Crippen LogP contribution is 2.09. The van der Waals surface area contributed by atoms with Gasteiger partial charge in [-0.3, -0.25) is 0 Å². The third kappa shape index (κ3) is 2.13. The highest BCUT2D eigenvalue weighted by molar-refractivity contribution is 5.67. The lowest BCUT2D eigenvalue weighted by molar-refractivity contribution is 0.209. The van der Waals surface area contributed by atoms with Gasteiger partial charge in [0.2, 0.25) is 5.88 Å². The summed E-state index contributed by atoms with van der Waals surface area (Å²) in [5.41, 5.74) is 10.6. The van der Waals surface area contributed by atoms with Crippen molar-refractivity contribution in [3.63, 3.8) is 0 Å². The van der Waals surface area contributed by atoms with Crippen molar-refractivity contribution in [1.82, 2.24) is 4.98 Å². The van der Waals surface area contributed by atoms with E-state index in [1.54, 1.807) is 6.07 Å². The number of carbonyl (C=O) groups is 1. The Morgan fingerprint density at radius 3 is 2.91 bits per heavy atom. The summed E-state index contributed by atoms with van der Waals surface area (Å²) in [4.78, 5) is 13.9. The summed E-state index contributed by atoms with van der Waals surface area (Å²) in [5, 5.41) is 0. The minimum atomic E-state index is -0.900. The van der Waals surface area contributed by atoms with Gasteiger partial charge in [0.25, 0.3) is 0 Å². The average molecular weight is 153 g/mol. The highest BCUT2D eigenvalue weighted by atomic mass is 16.6. The molecule has 0 spiro atoms. The Hall–Kier alpha value is -1.78. The van der Waals surface area contributed by atoms with Crippen molar-refractivity contribution >= 4 is 11.8 Å². The van der Waals surface area contributed by atoms with Gasteiger partial charge in [-0.05, 0) is 6.07 Å². The van der Waals surface area contributed by atoms with Crippen LogP contribution in [0.25, 0.3) is 0 Å². The summed E-state index contributed by atoms with van der Waals surface area (Å²) in [6.45, 7) is 0. The maximum atomic E-state index is 10.2. The first-order valence-electron chi connectivity index (χ1n) is 2.87. The minimum Gasteiger partial charge on any atom is -0.399 e.